The van der Waals surface area contributed by atoms with Gasteiger partial charge >= 0.3 is 0 Å². The third-order valence-electron chi connectivity index (χ3n) is 3.43. The molecule has 2 rings (SSSR count). The van der Waals surface area contributed by atoms with Crippen LogP contribution in [0.3, 0.4) is 0 Å². The lowest BCUT2D eigenvalue weighted by molar-refractivity contribution is 0.580. The van der Waals surface area contributed by atoms with Gasteiger partial charge in [0, 0.05) is 12.8 Å². The lowest BCUT2D eigenvalue weighted by atomic mass is 10.2. The van der Waals surface area contributed by atoms with Crippen molar-refractivity contribution in [3.63, 3.8) is 0 Å². The van der Waals surface area contributed by atoms with Gasteiger partial charge in [0.25, 0.3) is 0 Å². The summed E-state index contributed by atoms with van der Waals surface area (Å²) in [5, 5.41) is 0. The van der Waals surface area contributed by atoms with Crippen molar-refractivity contribution in [3.05, 3.63) is 59.7 Å². The Morgan fingerprint density at radius 2 is 1.61 bits per heavy atom. The fourth-order valence-corrected chi connectivity index (χ4v) is 4.17. The molecule has 23 heavy (non-hydrogen) atoms. The van der Waals surface area contributed by atoms with Crippen molar-refractivity contribution >= 4 is 19.9 Å². The second-order valence-electron chi connectivity index (χ2n) is 5.33. The van der Waals surface area contributed by atoms with Crippen LogP contribution >= 0.6 is 0 Å². The van der Waals surface area contributed by atoms with Crippen molar-refractivity contribution in [2.24, 2.45) is 0 Å². The van der Waals surface area contributed by atoms with E-state index in [2.05, 4.69) is 4.72 Å². The van der Waals surface area contributed by atoms with Crippen LogP contribution in [0.25, 0.3) is 0 Å². The van der Waals surface area contributed by atoms with E-state index in [-0.39, 0.29) is 16.3 Å². The molecule has 0 aliphatic heterocycles. The van der Waals surface area contributed by atoms with Gasteiger partial charge in [0.05, 0.1) is 9.79 Å². The Kier molecular flexibility index (Phi) is 5.23. The van der Waals surface area contributed by atoms with Gasteiger partial charge in [0.15, 0.2) is 9.84 Å². The van der Waals surface area contributed by atoms with Crippen LogP contribution in [0.5, 0.6) is 0 Å². The van der Waals surface area contributed by atoms with Crippen LogP contribution in [0.15, 0.2) is 58.3 Å². The van der Waals surface area contributed by atoms with Gasteiger partial charge in [0.1, 0.15) is 0 Å². The molecule has 0 saturated heterocycles. The predicted octanol–water partition coefficient (Wildman–Crippen LogP) is 1.92. The molecule has 0 aliphatic carbocycles. The highest BCUT2D eigenvalue weighted by Gasteiger charge is 2.19. The van der Waals surface area contributed by atoms with E-state index in [4.69, 9.17) is 0 Å². The summed E-state index contributed by atoms with van der Waals surface area (Å²) in [4.78, 5) is -0.0139. The Hall–Kier alpha value is -1.70. The number of sulfonamides is 1. The molecule has 1 N–H and O–H groups in total. The molecule has 5 nitrogen and oxygen atoms in total. The van der Waals surface area contributed by atoms with Crippen LogP contribution in [0, 0.1) is 6.92 Å². The second kappa shape index (κ2) is 6.82. The molecule has 124 valence electrons. The molecule has 0 bridgehead atoms. The Morgan fingerprint density at radius 1 is 0.957 bits per heavy atom. The van der Waals surface area contributed by atoms with Crippen molar-refractivity contribution in [2.45, 2.75) is 23.1 Å². The van der Waals surface area contributed by atoms with E-state index >= 15 is 0 Å². The van der Waals surface area contributed by atoms with E-state index < -0.39 is 19.9 Å². The zero-order valence-corrected chi connectivity index (χ0v) is 14.6. The van der Waals surface area contributed by atoms with Crippen molar-refractivity contribution in [3.8, 4) is 0 Å². The smallest absolute Gasteiger partial charge is 0.224 e. The molecule has 2 aromatic carbocycles. The van der Waals surface area contributed by atoms with Crippen LogP contribution in [0.4, 0.5) is 0 Å². The zero-order chi connectivity index (χ0) is 17.1. The maximum atomic E-state index is 12.4. The number of aryl methyl sites for hydroxylation is 1. The lowest BCUT2D eigenvalue weighted by Gasteiger charge is -2.11. The van der Waals surface area contributed by atoms with Gasteiger partial charge in [-0.1, -0.05) is 36.4 Å². The third kappa shape index (κ3) is 4.63. The Bertz CT molecular complexity index is 889. The molecule has 0 amide bonds. The zero-order valence-electron chi connectivity index (χ0n) is 13.0. The average molecular weight is 353 g/mol. The number of hydrogen-bond acceptors (Lipinski definition) is 4. The molecule has 0 saturated carbocycles. The van der Waals surface area contributed by atoms with E-state index in [0.717, 1.165) is 11.8 Å². The minimum absolute atomic E-state index is 0.00603. The van der Waals surface area contributed by atoms with E-state index in [1.165, 1.54) is 18.2 Å². The Labute approximate surface area is 137 Å². The largest absolute Gasteiger partial charge is 0.240 e. The highest BCUT2D eigenvalue weighted by Crippen LogP contribution is 2.20. The molecule has 7 heteroatoms. The average Bonchev–Trinajstić information content (AvgIpc) is 2.47. The second-order valence-corrected chi connectivity index (χ2v) is 9.08. The maximum absolute atomic E-state index is 12.4. The standard InChI is InChI=1S/C16H19NO4S2/c1-13-8-9-15(22(2,18)19)12-16(13)23(20,21)17-11-10-14-6-4-3-5-7-14/h3-9,12,17H,10-11H2,1-2H3. The third-order valence-corrected chi connectivity index (χ3v) is 6.14. The van der Waals surface area contributed by atoms with Crippen LogP contribution in [0.1, 0.15) is 11.1 Å². The van der Waals surface area contributed by atoms with Gasteiger partial charge in [-0.15, -0.1) is 0 Å². The maximum Gasteiger partial charge on any atom is 0.240 e. The lowest BCUT2D eigenvalue weighted by Crippen LogP contribution is -2.26. The number of sulfone groups is 1. The molecule has 0 unspecified atom stereocenters. The van der Waals surface area contributed by atoms with Gasteiger partial charge < -0.3 is 0 Å². The summed E-state index contributed by atoms with van der Waals surface area (Å²) in [6.45, 7) is 1.88. The summed E-state index contributed by atoms with van der Waals surface area (Å²) in [7, 11) is -7.22. The summed E-state index contributed by atoms with van der Waals surface area (Å²) < 4.78 is 50.6. The summed E-state index contributed by atoms with van der Waals surface area (Å²) >= 11 is 0. The van der Waals surface area contributed by atoms with Gasteiger partial charge in [-0.3, -0.25) is 0 Å². The predicted molar refractivity (Wildman–Crippen MR) is 89.6 cm³/mol. The quantitative estimate of drug-likeness (QED) is 0.860. The SMILES string of the molecule is Cc1ccc(S(C)(=O)=O)cc1S(=O)(=O)NCCc1ccccc1. The van der Waals surface area contributed by atoms with Crippen LogP contribution in [-0.4, -0.2) is 29.6 Å². The molecular weight excluding hydrogens is 334 g/mol. The fourth-order valence-electron chi connectivity index (χ4n) is 2.15. The van der Waals surface area contributed by atoms with E-state index in [1.54, 1.807) is 6.92 Å². The fraction of sp³-hybridized carbons (Fsp3) is 0.250. The monoisotopic (exact) mass is 353 g/mol. The minimum atomic E-state index is -3.76. The van der Waals surface area contributed by atoms with Crippen molar-refractivity contribution in [1.82, 2.24) is 4.72 Å². The summed E-state index contributed by atoms with van der Waals surface area (Å²) in [6.07, 6.45) is 1.61. The summed E-state index contributed by atoms with van der Waals surface area (Å²) in [5.41, 5.74) is 1.53. The van der Waals surface area contributed by atoms with Gasteiger partial charge in [0.2, 0.25) is 10.0 Å². The van der Waals surface area contributed by atoms with E-state index in [1.807, 2.05) is 30.3 Å². The first-order valence-electron chi connectivity index (χ1n) is 7.04. The molecule has 0 fully saturated rings. The number of benzene rings is 2. The molecule has 0 aliphatic rings. The Balaban J connectivity index is 2.19. The highest BCUT2D eigenvalue weighted by atomic mass is 32.2. The number of nitrogens with one attached hydrogen (secondary N) is 1. The highest BCUT2D eigenvalue weighted by molar-refractivity contribution is 7.91. The van der Waals surface area contributed by atoms with Crippen LogP contribution in [-0.2, 0) is 26.3 Å². The minimum Gasteiger partial charge on any atom is -0.224 e. The Morgan fingerprint density at radius 3 is 2.22 bits per heavy atom. The van der Waals surface area contributed by atoms with Gasteiger partial charge in [-0.2, -0.15) is 0 Å². The van der Waals surface area contributed by atoms with E-state index in [0.29, 0.717) is 12.0 Å². The molecular formula is C16H19NO4S2. The van der Waals surface area contributed by atoms with Gasteiger partial charge in [-0.25, -0.2) is 21.6 Å². The number of rotatable bonds is 6. The molecule has 2 aromatic rings. The summed E-state index contributed by atoms with van der Waals surface area (Å²) in [6, 6.07) is 13.6. The van der Waals surface area contributed by atoms with Crippen molar-refractivity contribution < 1.29 is 16.8 Å². The van der Waals surface area contributed by atoms with Crippen LogP contribution in [0.2, 0.25) is 0 Å². The molecule has 0 spiro atoms. The topological polar surface area (TPSA) is 80.3 Å². The first kappa shape index (κ1) is 17.7. The molecule has 0 atom stereocenters. The van der Waals surface area contributed by atoms with Crippen LogP contribution < -0.4 is 4.72 Å². The molecule has 0 heterocycles. The normalized spacial score (nSPS) is 12.3. The van der Waals surface area contributed by atoms with Crippen molar-refractivity contribution in [1.29, 1.82) is 0 Å². The number of hydrogen-bond donors (Lipinski definition) is 1. The first-order valence-corrected chi connectivity index (χ1v) is 10.4. The van der Waals surface area contributed by atoms with E-state index in [9.17, 15) is 16.8 Å². The first-order chi connectivity index (χ1) is 10.7. The van der Waals surface area contributed by atoms with Crippen molar-refractivity contribution in [2.75, 3.05) is 12.8 Å². The molecule has 0 radical (unpaired) electrons. The summed E-state index contributed by atoms with van der Waals surface area (Å²) in [5.74, 6) is 0. The van der Waals surface area contributed by atoms with Gasteiger partial charge in [-0.05, 0) is 36.6 Å². The molecule has 0 aromatic heterocycles.